The molecule has 1 atom stereocenters. The highest BCUT2D eigenvalue weighted by Gasteiger charge is 2.21. The van der Waals surface area contributed by atoms with Gasteiger partial charge >= 0.3 is 5.82 Å². The molecule has 6 nitrogen and oxygen atoms in total. The van der Waals surface area contributed by atoms with Crippen molar-refractivity contribution in [3.63, 3.8) is 0 Å². The average Bonchev–Trinajstić information content (AvgIpc) is 1.94. The predicted octanol–water partition coefficient (Wildman–Crippen LogP) is 1.33. The Hall–Kier alpha value is -0.850. The molecule has 0 aromatic rings. The van der Waals surface area contributed by atoms with Crippen LogP contribution >= 0.6 is 23.4 Å². The van der Waals surface area contributed by atoms with Crippen LogP contribution in [-0.4, -0.2) is 21.1 Å². The minimum absolute atomic E-state index is 0. The summed E-state index contributed by atoms with van der Waals surface area (Å²) in [4.78, 5) is 12.9. The molecule has 68 valence electrons. The van der Waals surface area contributed by atoms with Gasteiger partial charge in [-0.2, -0.15) is 0 Å². The Morgan fingerprint density at radius 1 is 1.75 bits per heavy atom. The van der Waals surface area contributed by atoms with Crippen molar-refractivity contribution in [3.8, 4) is 0 Å². The van der Waals surface area contributed by atoms with Gasteiger partial charge in [0.05, 0.1) is 0 Å². The van der Waals surface area contributed by atoms with E-state index in [9.17, 15) is 10.1 Å². The van der Waals surface area contributed by atoms with Crippen molar-refractivity contribution in [1.82, 2.24) is 10.6 Å². The Morgan fingerprint density at radius 2 is 2.33 bits per heavy atom. The average molecular weight is 213 g/mol. The van der Waals surface area contributed by atoms with Crippen LogP contribution in [-0.2, 0) is 0 Å². The van der Waals surface area contributed by atoms with Crippen LogP contribution in [0.25, 0.3) is 0 Å². The molecule has 1 aliphatic rings. The molecule has 0 radical (unpaired) electrons. The van der Waals surface area contributed by atoms with Gasteiger partial charge in [-0.25, -0.2) is 0 Å². The lowest BCUT2D eigenvalue weighted by atomic mass is 10.6. The first-order valence-electron chi connectivity index (χ1n) is 2.60. The van der Waals surface area contributed by atoms with Crippen molar-refractivity contribution in [2.24, 2.45) is 4.99 Å². The van der Waals surface area contributed by atoms with Gasteiger partial charge in [0.2, 0.25) is 0 Å². The topological polar surface area (TPSA) is 93.7 Å². The third-order valence-electron chi connectivity index (χ3n) is 0.991. The normalized spacial score (nSPS) is 21.3. The maximum absolute atomic E-state index is 10.1. The second-order valence-electron chi connectivity index (χ2n) is 1.74. The van der Waals surface area contributed by atoms with Crippen LogP contribution in [0.5, 0.6) is 0 Å². The van der Waals surface area contributed by atoms with Gasteiger partial charge in [0.1, 0.15) is 6.20 Å². The van der Waals surface area contributed by atoms with Crippen LogP contribution < -0.4 is 6.15 Å². The summed E-state index contributed by atoms with van der Waals surface area (Å²) in [6.07, 6.45) is 2.24. The molecule has 1 heterocycles. The lowest BCUT2D eigenvalue weighted by Crippen LogP contribution is -2.22. The van der Waals surface area contributed by atoms with E-state index in [1.54, 1.807) is 0 Å². The molecule has 3 N–H and O–H groups in total. The molecule has 12 heavy (non-hydrogen) atoms. The van der Waals surface area contributed by atoms with Crippen molar-refractivity contribution in [3.05, 3.63) is 22.1 Å². The van der Waals surface area contributed by atoms with Gasteiger partial charge in [0, 0.05) is 11.8 Å². The first kappa shape index (κ1) is 11.2. The number of hydrogen-bond acceptors (Lipinski definition) is 5. The highest BCUT2D eigenvalue weighted by atomic mass is 35.5. The minimum atomic E-state index is -0.644. The van der Waals surface area contributed by atoms with Crippen LogP contribution in [0.1, 0.15) is 0 Å². The first-order chi connectivity index (χ1) is 5.11. The van der Waals surface area contributed by atoms with Gasteiger partial charge in [-0.3, -0.25) is 4.42 Å². The van der Waals surface area contributed by atoms with Crippen LogP contribution in [0.4, 0.5) is 0 Å². The first-order valence-corrected chi connectivity index (χ1v) is 3.37. The molecule has 1 rings (SSSR count). The number of alkyl halides is 1. The Bertz CT molecular complexity index is 241. The third kappa shape index (κ3) is 2.33. The van der Waals surface area contributed by atoms with Gasteiger partial charge in [0.15, 0.2) is 11.7 Å². The lowest BCUT2D eigenvalue weighted by Gasteiger charge is -2.13. The van der Waals surface area contributed by atoms with E-state index >= 15 is 0 Å². The van der Waals surface area contributed by atoms with E-state index in [1.807, 2.05) is 0 Å². The zero-order valence-electron chi connectivity index (χ0n) is 5.85. The van der Waals surface area contributed by atoms with Crippen molar-refractivity contribution >= 4 is 29.6 Å². The molecule has 1 aliphatic heterocycles. The van der Waals surface area contributed by atoms with E-state index in [0.717, 1.165) is 10.6 Å². The smallest absolute Gasteiger partial charge is 0.358 e. The molecule has 8 heteroatoms. The van der Waals surface area contributed by atoms with E-state index in [1.165, 1.54) is 6.21 Å². The molecule has 0 amide bonds. The number of hydrogen-bond donors (Lipinski definition) is 1. The number of nitrogens with zero attached hydrogens (tertiary/aromatic N) is 3. The van der Waals surface area contributed by atoms with Crippen molar-refractivity contribution < 1.29 is 4.92 Å². The summed E-state index contributed by atoms with van der Waals surface area (Å²) in [5.74, 6) is -0.322. The van der Waals surface area contributed by atoms with Gasteiger partial charge in [-0.1, -0.05) is 11.6 Å². The van der Waals surface area contributed by atoms with E-state index in [-0.39, 0.29) is 12.0 Å². The zero-order chi connectivity index (χ0) is 8.43. The van der Waals surface area contributed by atoms with E-state index in [2.05, 4.69) is 4.99 Å². The molecule has 0 saturated heterocycles. The zero-order valence-corrected chi connectivity index (χ0v) is 7.37. The summed E-state index contributed by atoms with van der Waals surface area (Å²) in [6, 6.07) is 0. The van der Waals surface area contributed by atoms with E-state index < -0.39 is 10.4 Å². The van der Waals surface area contributed by atoms with Crippen molar-refractivity contribution in [1.29, 1.82) is 0 Å². The summed E-state index contributed by atoms with van der Waals surface area (Å²) >= 11 is 10.9. The van der Waals surface area contributed by atoms with Crippen LogP contribution in [0.3, 0.4) is 0 Å². The molecular formula is C4H6Cl2N4O2. The van der Waals surface area contributed by atoms with Gasteiger partial charge in [0.25, 0.3) is 0 Å². The molecule has 1 unspecified atom stereocenters. The molecule has 0 fully saturated rings. The molecular weight excluding hydrogens is 207 g/mol. The largest absolute Gasteiger partial charge is 0.380 e. The Morgan fingerprint density at radius 3 is 2.75 bits per heavy atom. The Labute approximate surface area is 78.3 Å². The van der Waals surface area contributed by atoms with Crippen LogP contribution in [0, 0.1) is 10.1 Å². The van der Waals surface area contributed by atoms with Gasteiger partial charge < -0.3 is 16.3 Å². The minimum Gasteiger partial charge on any atom is -0.358 e. The number of rotatable bonds is 1. The van der Waals surface area contributed by atoms with Gasteiger partial charge in [-0.05, 0) is 9.92 Å². The highest BCUT2D eigenvalue weighted by Crippen LogP contribution is 2.15. The monoisotopic (exact) mass is 212 g/mol. The summed E-state index contributed by atoms with van der Waals surface area (Å²) in [5, 5.41) is 10.1. The summed E-state index contributed by atoms with van der Waals surface area (Å²) in [5.41, 5.74) is -0.625. The van der Waals surface area contributed by atoms with Crippen molar-refractivity contribution in [2.75, 3.05) is 0 Å². The molecule has 0 saturated carbocycles. The van der Waals surface area contributed by atoms with Crippen LogP contribution in [0.2, 0.25) is 0 Å². The molecule has 0 bridgehead atoms. The lowest BCUT2D eigenvalue weighted by molar-refractivity contribution is -0.427. The quantitative estimate of drug-likeness (QED) is 0.233. The second kappa shape index (κ2) is 4.24. The SMILES string of the molecule is N.O=[N+]([O-])C1=CN(Cl)C(Cl)C=N1. The summed E-state index contributed by atoms with van der Waals surface area (Å²) in [7, 11) is 0. The fourth-order valence-corrected chi connectivity index (χ4v) is 0.761. The Kier molecular flexibility index (Phi) is 3.94. The maximum atomic E-state index is 10.1. The van der Waals surface area contributed by atoms with E-state index in [0.29, 0.717) is 0 Å². The fourth-order valence-electron chi connectivity index (χ4n) is 0.511. The molecule has 0 aromatic heterocycles. The molecule has 0 aliphatic carbocycles. The van der Waals surface area contributed by atoms with Gasteiger partial charge in [-0.15, -0.1) is 0 Å². The fraction of sp³-hybridized carbons (Fsp3) is 0.250. The predicted molar refractivity (Wildman–Crippen MR) is 45.9 cm³/mol. The second-order valence-corrected chi connectivity index (χ2v) is 2.58. The maximum Gasteiger partial charge on any atom is 0.380 e. The highest BCUT2D eigenvalue weighted by molar-refractivity contribution is 6.32. The number of halogens is 2. The molecule has 0 aromatic carbocycles. The van der Waals surface area contributed by atoms with Crippen LogP contribution in [0.15, 0.2) is 17.0 Å². The standard InChI is InChI=1S/C4H3Cl2N3O2.H3N/c5-3-1-7-4(9(10)11)2-8(3)6;/h1-3H;1H3. The summed E-state index contributed by atoms with van der Waals surface area (Å²) < 4.78 is 0.979. The van der Waals surface area contributed by atoms with Crippen molar-refractivity contribution in [2.45, 2.75) is 5.50 Å². The van der Waals surface area contributed by atoms with E-state index in [4.69, 9.17) is 23.4 Å². The summed E-state index contributed by atoms with van der Waals surface area (Å²) in [6.45, 7) is 0. The number of nitro groups is 1. The number of aliphatic imine (C=N–C) groups is 1. The Balaban J connectivity index is 0.00000121. The third-order valence-corrected chi connectivity index (χ3v) is 1.72. The molecule has 0 spiro atoms.